The number of ether oxygens (including phenoxy) is 2. The third-order valence-corrected chi connectivity index (χ3v) is 3.52. The van der Waals surface area contributed by atoms with Crippen LogP contribution >= 0.6 is 11.3 Å². The molecule has 1 saturated heterocycles. The van der Waals surface area contributed by atoms with Crippen LogP contribution in [-0.2, 0) is 11.3 Å². The smallest absolute Gasteiger partial charge is 0.294 e. The number of hydrogen-bond donors (Lipinski definition) is 1. The maximum atomic E-state index is 5.64. The van der Waals surface area contributed by atoms with Crippen molar-refractivity contribution in [3.05, 3.63) is 5.01 Å². The Morgan fingerprint density at radius 1 is 1.44 bits per heavy atom. The minimum atomic E-state index is 0.0911. The first-order valence-corrected chi connectivity index (χ1v) is 7.12. The maximum Gasteiger partial charge on any atom is 0.294 e. The van der Waals surface area contributed by atoms with E-state index in [4.69, 9.17) is 9.47 Å². The van der Waals surface area contributed by atoms with Crippen molar-refractivity contribution in [3.8, 4) is 5.19 Å². The van der Waals surface area contributed by atoms with Gasteiger partial charge in [0.1, 0.15) is 5.01 Å². The summed E-state index contributed by atoms with van der Waals surface area (Å²) in [6, 6.07) is 0. The highest BCUT2D eigenvalue weighted by atomic mass is 32.1. The van der Waals surface area contributed by atoms with Crippen molar-refractivity contribution in [1.29, 1.82) is 0 Å². The number of rotatable bonds is 5. The SMILES string of the molecule is CC(C)(C)NCc1nnc(OCC2CCOC2)s1. The number of hydrogen-bond acceptors (Lipinski definition) is 6. The molecule has 1 fully saturated rings. The molecule has 1 aliphatic heterocycles. The zero-order valence-corrected chi connectivity index (χ0v) is 12.0. The van der Waals surface area contributed by atoms with Gasteiger partial charge in [0, 0.05) is 18.1 Å². The minimum absolute atomic E-state index is 0.0911. The van der Waals surface area contributed by atoms with E-state index in [0.717, 1.165) is 31.2 Å². The monoisotopic (exact) mass is 271 g/mol. The quantitative estimate of drug-likeness (QED) is 0.885. The molecule has 1 aromatic rings. The van der Waals surface area contributed by atoms with Crippen molar-refractivity contribution < 1.29 is 9.47 Å². The van der Waals surface area contributed by atoms with Gasteiger partial charge in [-0.3, -0.25) is 0 Å². The van der Waals surface area contributed by atoms with E-state index in [2.05, 4.69) is 36.3 Å². The fourth-order valence-corrected chi connectivity index (χ4v) is 2.25. The maximum absolute atomic E-state index is 5.64. The summed E-state index contributed by atoms with van der Waals surface area (Å²) in [7, 11) is 0. The first-order valence-electron chi connectivity index (χ1n) is 6.31. The topological polar surface area (TPSA) is 56.3 Å². The van der Waals surface area contributed by atoms with Crippen molar-refractivity contribution in [2.24, 2.45) is 5.92 Å². The Morgan fingerprint density at radius 2 is 2.28 bits per heavy atom. The van der Waals surface area contributed by atoms with Crippen LogP contribution in [0, 0.1) is 5.92 Å². The molecule has 0 amide bonds. The lowest BCUT2D eigenvalue weighted by atomic mass is 10.1. The summed E-state index contributed by atoms with van der Waals surface area (Å²) >= 11 is 1.51. The van der Waals surface area contributed by atoms with Gasteiger partial charge in [-0.15, -0.1) is 10.2 Å². The molecule has 1 N–H and O–H groups in total. The average molecular weight is 271 g/mol. The van der Waals surface area contributed by atoms with E-state index in [-0.39, 0.29) is 5.54 Å². The van der Waals surface area contributed by atoms with Crippen LogP contribution in [0.4, 0.5) is 0 Å². The van der Waals surface area contributed by atoms with Gasteiger partial charge in [0.25, 0.3) is 5.19 Å². The fourth-order valence-electron chi connectivity index (χ4n) is 1.61. The van der Waals surface area contributed by atoms with Crippen molar-refractivity contribution in [3.63, 3.8) is 0 Å². The normalized spacial score (nSPS) is 20.3. The van der Waals surface area contributed by atoms with Gasteiger partial charge in [0.05, 0.1) is 19.8 Å². The van der Waals surface area contributed by atoms with E-state index >= 15 is 0 Å². The summed E-state index contributed by atoms with van der Waals surface area (Å²) in [5.41, 5.74) is 0.0911. The molecule has 2 rings (SSSR count). The Morgan fingerprint density at radius 3 is 2.94 bits per heavy atom. The van der Waals surface area contributed by atoms with Crippen LogP contribution in [0.3, 0.4) is 0 Å². The van der Waals surface area contributed by atoms with E-state index in [1.54, 1.807) is 0 Å². The zero-order chi connectivity index (χ0) is 13.0. The van der Waals surface area contributed by atoms with Crippen LogP contribution in [0.2, 0.25) is 0 Å². The largest absolute Gasteiger partial charge is 0.469 e. The third kappa shape index (κ3) is 4.51. The minimum Gasteiger partial charge on any atom is -0.469 e. The molecular weight excluding hydrogens is 250 g/mol. The zero-order valence-electron chi connectivity index (χ0n) is 11.2. The molecule has 5 nitrogen and oxygen atoms in total. The summed E-state index contributed by atoms with van der Waals surface area (Å²) in [5, 5.41) is 13.2. The summed E-state index contributed by atoms with van der Waals surface area (Å²) < 4.78 is 10.9. The highest BCUT2D eigenvalue weighted by molar-refractivity contribution is 7.13. The summed E-state index contributed by atoms with van der Waals surface area (Å²) in [5.74, 6) is 0.505. The van der Waals surface area contributed by atoms with Crippen molar-refractivity contribution in [2.75, 3.05) is 19.8 Å². The van der Waals surface area contributed by atoms with Crippen molar-refractivity contribution in [2.45, 2.75) is 39.3 Å². The third-order valence-electron chi connectivity index (χ3n) is 2.68. The predicted octanol–water partition coefficient (Wildman–Crippen LogP) is 1.84. The second kappa shape index (κ2) is 5.95. The number of nitrogens with one attached hydrogen (secondary N) is 1. The van der Waals surface area contributed by atoms with Gasteiger partial charge < -0.3 is 14.8 Å². The van der Waals surface area contributed by atoms with Crippen LogP contribution in [0.1, 0.15) is 32.2 Å². The van der Waals surface area contributed by atoms with Crippen LogP contribution in [0.5, 0.6) is 5.19 Å². The number of aromatic nitrogens is 2. The lowest BCUT2D eigenvalue weighted by Gasteiger charge is -2.19. The molecule has 1 aliphatic rings. The molecule has 102 valence electrons. The van der Waals surface area contributed by atoms with E-state index in [9.17, 15) is 0 Å². The molecule has 0 aliphatic carbocycles. The van der Waals surface area contributed by atoms with E-state index < -0.39 is 0 Å². The van der Waals surface area contributed by atoms with E-state index in [1.165, 1.54) is 11.3 Å². The molecule has 0 saturated carbocycles. The van der Waals surface area contributed by atoms with Gasteiger partial charge in [-0.05, 0) is 27.2 Å². The lowest BCUT2D eigenvalue weighted by Crippen LogP contribution is -2.35. The second-order valence-corrected chi connectivity index (χ2v) is 6.63. The molecule has 1 aromatic heterocycles. The van der Waals surface area contributed by atoms with Gasteiger partial charge in [-0.25, -0.2) is 0 Å². The molecule has 0 aromatic carbocycles. The summed E-state index contributed by atoms with van der Waals surface area (Å²) in [6.45, 7) is 9.46. The van der Waals surface area contributed by atoms with Gasteiger partial charge in [-0.2, -0.15) is 0 Å². The van der Waals surface area contributed by atoms with Gasteiger partial charge in [-0.1, -0.05) is 11.3 Å². The highest BCUT2D eigenvalue weighted by Crippen LogP contribution is 2.20. The standard InChI is InChI=1S/C12H21N3O2S/c1-12(2,3)13-6-10-14-15-11(18-10)17-8-9-4-5-16-7-9/h9,13H,4-8H2,1-3H3. The fraction of sp³-hybridized carbons (Fsp3) is 0.833. The molecule has 6 heteroatoms. The Balaban J connectivity index is 1.75. The predicted molar refractivity (Wildman–Crippen MR) is 70.9 cm³/mol. The van der Waals surface area contributed by atoms with Crippen LogP contribution < -0.4 is 10.1 Å². The molecule has 0 radical (unpaired) electrons. The van der Waals surface area contributed by atoms with Gasteiger partial charge in [0.2, 0.25) is 0 Å². The first kappa shape index (κ1) is 13.7. The Kier molecular flexibility index (Phi) is 4.53. The Labute approximate surface area is 112 Å². The highest BCUT2D eigenvalue weighted by Gasteiger charge is 2.17. The molecule has 2 heterocycles. The van der Waals surface area contributed by atoms with E-state index in [1.807, 2.05) is 0 Å². The number of nitrogens with zero attached hydrogens (tertiary/aromatic N) is 2. The first-order chi connectivity index (χ1) is 8.53. The van der Waals surface area contributed by atoms with Crippen LogP contribution in [0.25, 0.3) is 0 Å². The Hall–Kier alpha value is -0.720. The second-order valence-electron chi connectivity index (χ2n) is 5.61. The molecule has 0 spiro atoms. The van der Waals surface area contributed by atoms with Gasteiger partial charge in [0.15, 0.2) is 0 Å². The van der Waals surface area contributed by atoms with E-state index in [0.29, 0.717) is 17.7 Å². The molecular formula is C12H21N3O2S. The Bertz CT molecular complexity index is 370. The van der Waals surface area contributed by atoms with Crippen LogP contribution in [0.15, 0.2) is 0 Å². The molecule has 1 atom stereocenters. The molecule has 1 unspecified atom stereocenters. The van der Waals surface area contributed by atoms with Crippen LogP contribution in [-0.4, -0.2) is 35.6 Å². The summed E-state index contributed by atoms with van der Waals surface area (Å²) in [4.78, 5) is 0. The van der Waals surface area contributed by atoms with Crippen molar-refractivity contribution >= 4 is 11.3 Å². The average Bonchev–Trinajstić information content (AvgIpc) is 2.94. The lowest BCUT2D eigenvalue weighted by molar-refractivity contribution is 0.166. The molecule has 18 heavy (non-hydrogen) atoms. The van der Waals surface area contributed by atoms with Crippen molar-refractivity contribution in [1.82, 2.24) is 15.5 Å². The van der Waals surface area contributed by atoms with Gasteiger partial charge >= 0.3 is 0 Å². The molecule has 0 bridgehead atoms. The summed E-state index contributed by atoms with van der Waals surface area (Å²) in [6.07, 6.45) is 1.08.